The normalized spacial score (nSPS) is 11.8. The molecule has 0 amide bonds. The second-order valence-corrected chi connectivity index (χ2v) is 4.01. The van der Waals surface area contributed by atoms with Crippen LogP contribution in [0.2, 0.25) is 0 Å². The zero-order valence-corrected chi connectivity index (χ0v) is 8.65. The number of hydrogen-bond acceptors (Lipinski definition) is 3. The van der Waals surface area contributed by atoms with Crippen molar-refractivity contribution in [2.24, 2.45) is 7.05 Å². The molecule has 1 aromatic heterocycles. The Labute approximate surface area is 78.8 Å². The fraction of sp³-hybridized carbons (Fsp3) is 0.667. The maximum Gasteiger partial charge on any atom is 0.205 e. The Morgan fingerprint density at radius 1 is 1.62 bits per heavy atom. The van der Waals surface area contributed by atoms with E-state index in [2.05, 4.69) is 4.98 Å². The van der Waals surface area contributed by atoms with E-state index in [0.29, 0.717) is 6.54 Å². The molecule has 74 valence electrons. The minimum Gasteiger partial charge on any atom is -0.389 e. The van der Waals surface area contributed by atoms with Gasteiger partial charge in [0.2, 0.25) is 5.95 Å². The predicted molar refractivity (Wildman–Crippen MR) is 52.8 cm³/mol. The molecular weight excluding hydrogens is 166 g/mol. The molecule has 1 N–H and O–H groups in total. The summed E-state index contributed by atoms with van der Waals surface area (Å²) in [6.45, 7) is 4.14. The zero-order valence-electron chi connectivity index (χ0n) is 8.65. The van der Waals surface area contributed by atoms with Crippen LogP contribution < -0.4 is 4.90 Å². The number of aromatic nitrogens is 2. The SMILES string of the molecule is CN(CC(C)(C)O)c1nccn1C. The highest BCUT2D eigenvalue weighted by Crippen LogP contribution is 2.11. The molecule has 0 aliphatic carbocycles. The lowest BCUT2D eigenvalue weighted by Crippen LogP contribution is -2.37. The van der Waals surface area contributed by atoms with E-state index in [0.717, 1.165) is 5.95 Å². The Hall–Kier alpha value is -1.03. The van der Waals surface area contributed by atoms with Crippen LogP contribution in [0, 0.1) is 0 Å². The first-order valence-electron chi connectivity index (χ1n) is 4.31. The van der Waals surface area contributed by atoms with Crippen LogP contribution in [0.1, 0.15) is 13.8 Å². The van der Waals surface area contributed by atoms with Crippen molar-refractivity contribution in [2.75, 3.05) is 18.5 Å². The smallest absolute Gasteiger partial charge is 0.205 e. The molecule has 4 nitrogen and oxygen atoms in total. The van der Waals surface area contributed by atoms with Gasteiger partial charge in [0.1, 0.15) is 0 Å². The Kier molecular flexibility index (Phi) is 2.61. The van der Waals surface area contributed by atoms with Crippen LogP contribution >= 0.6 is 0 Å². The average Bonchev–Trinajstić information content (AvgIpc) is 2.30. The first-order valence-corrected chi connectivity index (χ1v) is 4.31. The van der Waals surface area contributed by atoms with E-state index in [4.69, 9.17) is 0 Å². The number of hydrogen-bond donors (Lipinski definition) is 1. The van der Waals surface area contributed by atoms with Crippen LogP contribution in [0.4, 0.5) is 5.95 Å². The number of rotatable bonds is 3. The molecule has 4 heteroatoms. The second kappa shape index (κ2) is 3.38. The van der Waals surface area contributed by atoms with Crippen LogP contribution in [-0.4, -0.2) is 33.9 Å². The van der Waals surface area contributed by atoms with Gasteiger partial charge >= 0.3 is 0 Å². The summed E-state index contributed by atoms with van der Waals surface area (Å²) < 4.78 is 1.92. The van der Waals surface area contributed by atoms with Gasteiger partial charge in [0, 0.05) is 33.0 Å². The Bertz CT molecular complexity index is 275. The third-order valence-electron chi connectivity index (χ3n) is 1.76. The average molecular weight is 183 g/mol. The molecule has 0 fully saturated rings. The predicted octanol–water partition coefficient (Wildman–Crippen LogP) is 0.627. The van der Waals surface area contributed by atoms with Crippen LogP contribution in [0.25, 0.3) is 0 Å². The van der Waals surface area contributed by atoms with E-state index in [1.54, 1.807) is 20.0 Å². The number of nitrogens with zero attached hydrogens (tertiary/aromatic N) is 3. The molecule has 1 rings (SSSR count). The zero-order chi connectivity index (χ0) is 10.1. The Balaban J connectivity index is 2.69. The fourth-order valence-electron chi connectivity index (χ4n) is 1.38. The summed E-state index contributed by atoms with van der Waals surface area (Å²) in [4.78, 5) is 6.11. The number of likely N-dealkylation sites (N-methyl/N-ethyl adjacent to an activating group) is 1. The Morgan fingerprint density at radius 2 is 2.23 bits per heavy atom. The summed E-state index contributed by atoms with van der Waals surface area (Å²) in [6, 6.07) is 0. The number of aryl methyl sites for hydroxylation is 1. The molecule has 0 aromatic carbocycles. The second-order valence-electron chi connectivity index (χ2n) is 4.01. The highest BCUT2D eigenvalue weighted by Gasteiger charge is 2.17. The van der Waals surface area contributed by atoms with Gasteiger partial charge in [0.25, 0.3) is 0 Å². The largest absolute Gasteiger partial charge is 0.389 e. The van der Waals surface area contributed by atoms with E-state index < -0.39 is 5.60 Å². The highest BCUT2D eigenvalue weighted by atomic mass is 16.3. The summed E-state index contributed by atoms with van der Waals surface area (Å²) in [5.74, 6) is 0.863. The van der Waals surface area contributed by atoms with Crippen LogP contribution in [0.5, 0.6) is 0 Å². The summed E-state index contributed by atoms with van der Waals surface area (Å²) in [5.41, 5.74) is -0.694. The van der Waals surface area contributed by atoms with Gasteiger partial charge in [-0.3, -0.25) is 0 Å². The highest BCUT2D eigenvalue weighted by molar-refractivity contribution is 5.29. The van der Waals surface area contributed by atoms with Gasteiger partial charge in [0.15, 0.2) is 0 Å². The van der Waals surface area contributed by atoms with E-state index in [9.17, 15) is 5.11 Å². The maximum atomic E-state index is 9.60. The fourth-order valence-corrected chi connectivity index (χ4v) is 1.38. The molecule has 1 aromatic rings. The van der Waals surface area contributed by atoms with Crippen molar-refractivity contribution in [1.29, 1.82) is 0 Å². The number of imidazole rings is 1. The van der Waals surface area contributed by atoms with E-state index in [1.165, 1.54) is 0 Å². The molecule has 0 saturated carbocycles. The quantitative estimate of drug-likeness (QED) is 0.747. The Morgan fingerprint density at radius 3 is 2.62 bits per heavy atom. The third kappa shape index (κ3) is 2.73. The lowest BCUT2D eigenvalue weighted by Gasteiger charge is -2.26. The molecule has 0 saturated heterocycles. The van der Waals surface area contributed by atoms with Gasteiger partial charge in [-0.25, -0.2) is 4.98 Å². The summed E-state index contributed by atoms with van der Waals surface area (Å²) >= 11 is 0. The van der Waals surface area contributed by atoms with Crippen molar-refractivity contribution in [1.82, 2.24) is 9.55 Å². The topological polar surface area (TPSA) is 41.3 Å². The van der Waals surface area contributed by atoms with Crippen LogP contribution in [0.3, 0.4) is 0 Å². The summed E-state index contributed by atoms with van der Waals surface area (Å²) in [6.07, 6.45) is 3.63. The van der Waals surface area contributed by atoms with Crippen molar-refractivity contribution < 1.29 is 5.11 Å². The summed E-state index contributed by atoms with van der Waals surface area (Å²) in [7, 11) is 3.85. The molecule has 0 aliphatic heterocycles. The van der Waals surface area contributed by atoms with E-state index in [-0.39, 0.29) is 0 Å². The van der Waals surface area contributed by atoms with Gasteiger partial charge in [0.05, 0.1) is 5.60 Å². The molecule has 0 aliphatic rings. The van der Waals surface area contributed by atoms with Gasteiger partial charge in [-0.2, -0.15) is 0 Å². The molecule has 0 spiro atoms. The monoisotopic (exact) mass is 183 g/mol. The van der Waals surface area contributed by atoms with Crippen LogP contribution in [0.15, 0.2) is 12.4 Å². The minimum absolute atomic E-state index is 0.567. The molecule has 0 unspecified atom stereocenters. The number of anilines is 1. The minimum atomic E-state index is -0.694. The van der Waals surface area contributed by atoms with Crippen molar-refractivity contribution in [2.45, 2.75) is 19.4 Å². The molecule has 0 bridgehead atoms. The molecule has 13 heavy (non-hydrogen) atoms. The standard InChI is InChI=1S/C9H17N3O/c1-9(2,13)7-12(4)8-10-5-6-11(8)3/h5-6,13H,7H2,1-4H3. The lowest BCUT2D eigenvalue weighted by molar-refractivity contribution is 0.0882. The third-order valence-corrected chi connectivity index (χ3v) is 1.76. The summed E-state index contributed by atoms with van der Waals surface area (Å²) in [5, 5.41) is 9.60. The van der Waals surface area contributed by atoms with Crippen molar-refractivity contribution in [3.63, 3.8) is 0 Å². The molecular formula is C9H17N3O. The lowest BCUT2D eigenvalue weighted by atomic mass is 10.1. The van der Waals surface area contributed by atoms with Crippen LogP contribution in [-0.2, 0) is 7.05 Å². The maximum absolute atomic E-state index is 9.60. The van der Waals surface area contributed by atoms with Gasteiger partial charge < -0.3 is 14.6 Å². The number of aliphatic hydroxyl groups is 1. The van der Waals surface area contributed by atoms with Crippen molar-refractivity contribution >= 4 is 5.95 Å². The molecule has 1 heterocycles. The molecule has 0 atom stereocenters. The van der Waals surface area contributed by atoms with Gasteiger partial charge in [-0.05, 0) is 13.8 Å². The molecule has 0 radical (unpaired) electrons. The first kappa shape index (κ1) is 10.1. The van der Waals surface area contributed by atoms with Gasteiger partial charge in [-0.15, -0.1) is 0 Å². The van der Waals surface area contributed by atoms with E-state index in [1.807, 2.05) is 29.8 Å². The van der Waals surface area contributed by atoms with Gasteiger partial charge in [-0.1, -0.05) is 0 Å². The first-order chi connectivity index (χ1) is 5.90. The van der Waals surface area contributed by atoms with Crippen molar-refractivity contribution in [3.05, 3.63) is 12.4 Å². The van der Waals surface area contributed by atoms with E-state index >= 15 is 0 Å². The van der Waals surface area contributed by atoms with Crippen molar-refractivity contribution in [3.8, 4) is 0 Å².